The van der Waals surface area contributed by atoms with E-state index >= 15 is 0 Å². The largest absolute Gasteiger partial charge is 0.334 e. The molecule has 0 saturated heterocycles. The summed E-state index contributed by atoms with van der Waals surface area (Å²) in [4.78, 5) is 13.5. The van der Waals surface area contributed by atoms with Crippen molar-refractivity contribution in [2.24, 2.45) is 0 Å². The molecule has 0 N–H and O–H groups in total. The molecule has 0 bridgehead atoms. The smallest absolute Gasteiger partial charge is 0.220 e. The lowest BCUT2D eigenvalue weighted by molar-refractivity contribution is -0.130. The van der Waals surface area contributed by atoms with Crippen LogP contribution in [0, 0.1) is 0 Å². The molecule has 0 radical (unpaired) electrons. The number of hydrogen-bond donors (Lipinski definition) is 0. The molecule has 0 fully saturated rings. The molecule has 2 rings (SSSR count). The van der Waals surface area contributed by atoms with Gasteiger partial charge in [0.15, 0.2) is 0 Å². The van der Waals surface area contributed by atoms with Crippen molar-refractivity contribution in [2.45, 2.75) is 20.0 Å². The molecule has 2 aromatic rings. The maximum Gasteiger partial charge on any atom is 0.220 e. The highest BCUT2D eigenvalue weighted by Gasteiger charge is 2.17. The summed E-state index contributed by atoms with van der Waals surface area (Å²) in [6.07, 6.45) is 0. The Morgan fingerprint density at radius 3 is 1.41 bits per heavy atom. The summed E-state index contributed by atoms with van der Waals surface area (Å²) in [5, 5.41) is 2.07. The number of halogens is 4. The van der Waals surface area contributed by atoms with Crippen LogP contribution in [-0.2, 0) is 17.9 Å². The Balaban J connectivity index is 2.30. The van der Waals surface area contributed by atoms with E-state index in [1.165, 1.54) is 6.92 Å². The first-order valence-electron chi connectivity index (χ1n) is 6.51. The van der Waals surface area contributed by atoms with Gasteiger partial charge in [0, 0.05) is 51.2 Å². The highest BCUT2D eigenvalue weighted by molar-refractivity contribution is 6.36. The fourth-order valence-corrected chi connectivity index (χ4v) is 3.06. The van der Waals surface area contributed by atoms with E-state index in [9.17, 15) is 4.79 Å². The zero-order chi connectivity index (χ0) is 16.3. The van der Waals surface area contributed by atoms with Crippen molar-refractivity contribution in [3.05, 3.63) is 67.6 Å². The van der Waals surface area contributed by atoms with Crippen LogP contribution in [-0.4, -0.2) is 10.8 Å². The van der Waals surface area contributed by atoms with E-state index in [1.54, 1.807) is 41.3 Å². The fraction of sp³-hybridized carbons (Fsp3) is 0.188. The van der Waals surface area contributed by atoms with E-state index in [1.807, 2.05) is 0 Å². The first-order valence-corrected chi connectivity index (χ1v) is 8.02. The Labute approximate surface area is 149 Å². The van der Waals surface area contributed by atoms with Crippen LogP contribution < -0.4 is 0 Å². The van der Waals surface area contributed by atoms with Crippen LogP contribution in [0.15, 0.2) is 36.4 Å². The number of rotatable bonds is 4. The van der Waals surface area contributed by atoms with Crippen molar-refractivity contribution in [2.75, 3.05) is 0 Å². The van der Waals surface area contributed by atoms with Crippen LogP contribution in [0.1, 0.15) is 18.1 Å². The van der Waals surface area contributed by atoms with Gasteiger partial charge in [-0.15, -0.1) is 0 Å². The van der Waals surface area contributed by atoms with Gasteiger partial charge in [0.2, 0.25) is 5.91 Å². The lowest BCUT2D eigenvalue weighted by Gasteiger charge is -2.23. The summed E-state index contributed by atoms with van der Waals surface area (Å²) >= 11 is 24.7. The molecule has 22 heavy (non-hydrogen) atoms. The normalized spacial score (nSPS) is 10.6. The number of hydrogen-bond acceptors (Lipinski definition) is 1. The Bertz CT molecular complexity index is 609. The summed E-state index contributed by atoms with van der Waals surface area (Å²) in [6, 6.07) is 10.5. The van der Waals surface area contributed by atoms with Crippen molar-refractivity contribution in [1.82, 2.24) is 4.90 Å². The molecule has 6 heteroatoms. The van der Waals surface area contributed by atoms with Gasteiger partial charge in [-0.05, 0) is 24.3 Å². The van der Waals surface area contributed by atoms with Crippen LogP contribution in [0.4, 0.5) is 0 Å². The monoisotopic (exact) mass is 375 g/mol. The number of benzene rings is 2. The van der Waals surface area contributed by atoms with Crippen molar-refractivity contribution in [3.63, 3.8) is 0 Å². The van der Waals surface area contributed by atoms with E-state index in [0.29, 0.717) is 31.2 Å². The van der Waals surface area contributed by atoms with Crippen molar-refractivity contribution < 1.29 is 4.79 Å². The van der Waals surface area contributed by atoms with Gasteiger partial charge >= 0.3 is 0 Å². The molecule has 2 nitrogen and oxygen atoms in total. The van der Waals surface area contributed by atoms with Gasteiger partial charge in [0.05, 0.1) is 0 Å². The molecular weight excluding hydrogens is 364 g/mol. The summed E-state index contributed by atoms with van der Waals surface area (Å²) in [6.45, 7) is 2.06. The molecule has 0 aliphatic heterocycles. The number of amides is 1. The molecule has 0 spiro atoms. The summed E-state index contributed by atoms with van der Waals surface area (Å²) < 4.78 is 0. The van der Waals surface area contributed by atoms with E-state index in [4.69, 9.17) is 46.4 Å². The third kappa shape index (κ3) is 4.08. The second kappa shape index (κ2) is 7.56. The van der Waals surface area contributed by atoms with Crippen LogP contribution >= 0.6 is 46.4 Å². The Kier molecular flexibility index (Phi) is 5.99. The molecule has 0 heterocycles. The topological polar surface area (TPSA) is 20.3 Å². The number of carbonyl (C=O) groups excluding carboxylic acids is 1. The first kappa shape index (κ1) is 17.4. The fourth-order valence-electron chi connectivity index (χ4n) is 2.03. The second-order valence-corrected chi connectivity index (χ2v) is 6.40. The minimum atomic E-state index is -0.119. The lowest BCUT2D eigenvalue weighted by Crippen LogP contribution is -2.28. The summed E-state index contributed by atoms with van der Waals surface area (Å²) in [5.41, 5.74) is 1.40. The minimum absolute atomic E-state index is 0.119. The van der Waals surface area contributed by atoms with Gasteiger partial charge in [0.25, 0.3) is 0 Å². The van der Waals surface area contributed by atoms with Crippen LogP contribution in [0.2, 0.25) is 20.1 Å². The Morgan fingerprint density at radius 2 is 1.14 bits per heavy atom. The average Bonchev–Trinajstić information content (AvgIpc) is 2.44. The number of carbonyl (C=O) groups is 1. The van der Waals surface area contributed by atoms with Crippen molar-refractivity contribution >= 4 is 52.3 Å². The van der Waals surface area contributed by atoms with Gasteiger partial charge in [0.1, 0.15) is 0 Å². The van der Waals surface area contributed by atoms with Crippen LogP contribution in [0.25, 0.3) is 0 Å². The average molecular weight is 377 g/mol. The van der Waals surface area contributed by atoms with E-state index in [-0.39, 0.29) is 19.0 Å². The van der Waals surface area contributed by atoms with E-state index < -0.39 is 0 Å². The molecule has 0 atom stereocenters. The van der Waals surface area contributed by atoms with Gasteiger partial charge in [-0.2, -0.15) is 0 Å². The third-order valence-corrected chi connectivity index (χ3v) is 4.68. The predicted octanol–water partition coefficient (Wildman–Crippen LogP) is 5.85. The van der Waals surface area contributed by atoms with Gasteiger partial charge in [-0.3, -0.25) is 4.79 Å². The summed E-state index contributed by atoms with van der Waals surface area (Å²) in [5.74, 6) is -0.119. The maximum absolute atomic E-state index is 12.0. The molecule has 0 aromatic heterocycles. The second-order valence-electron chi connectivity index (χ2n) is 4.78. The number of nitrogens with zero attached hydrogens (tertiary/aromatic N) is 1. The molecule has 1 amide bonds. The van der Waals surface area contributed by atoms with Crippen LogP contribution in [0.5, 0.6) is 0 Å². The van der Waals surface area contributed by atoms with E-state index in [2.05, 4.69) is 0 Å². The SMILES string of the molecule is CC(=O)N(Cc1c(Cl)cccc1Cl)Cc1c(Cl)cccc1Cl. The molecule has 0 unspecified atom stereocenters. The highest BCUT2D eigenvalue weighted by Crippen LogP contribution is 2.29. The van der Waals surface area contributed by atoms with Gasteiger partial charge in [-0.1, -0.05) is 58.5 Å². The zero-order valence-electron chi connectivity index (χ0n) is 11.7. The van der Waals surface area contributed by atoms with Crippen LogP contribution in [0.3, 0.4) is 0 Å². The molecule has 2 aromatic carbocycles. The third-order valence-electron chi connectivity index (χ3n) is 3.27. The lowest BCUT2D eigenvalue weighted by atomic mass is 10.1. The Hall–Kier alpha value is -0.930. The molecule has 0 aliphatic carbocycles. The van der Waals surface area contributed by atoms with Crippen molar-refractivity contribution in [1.29, 1.82) is 0 Å². The maximum atomic E-state index is 12.0. The quantitative estimate of drug-likeness (QED) is 0.655. The predicted molar refractivity (Wildman–Crippen MR) is 92.9 cm³/mol. The van der Waals surface area contributed by atoms with E-state index in [0.717, 1.165) is 0 Å². The zero-order valence-corrected chi connectivity index (χ0v) is 14.8. The molecule has 116 valence electrons. The Morgan fingerprint density at radius 1 is 0.818 bits per heavy atom. The minimum Gasteiger partial charge on any atom is -0.334 e. The van der Waals surface area contributed by atoms with Gasteiger partial charge < -0.3 is 4.90 Å². The van der Waals surface area contributed by atoms with Crippen molar-refractivity contribution in [3.8, 4) is 0 Å². The molecular formula is C16H13Cl4NO. The standard InChI is InChI=1S/C16H13Cl4NO/c1-10(22)21(8-11-13(17)4-2-5-14(11)18)9-12-15(19)6-3-7-16(12)20/h2-7H,8-9H2,1H3. The first-order chi connectivity index (χ1) is 10.4. The highest BCUT2D eigenvalue weighted by atomic mass is 35.5. The molecule has 0 saturated carbocycles. The van der Waals surface area contributed by atoms with Gasteiger partial charge in [-0.25, -0.2) is 0 Å². The summed E-state index contributed by atoms with van der Waals surface area (Å²) in [7, 11) is 0. The molecule has 0 aliphatic rings.